The topological polar surface area (TPSA) is 87.8 Å². The van der Waals surface area contributed by atoms with E-state index in [0.29, 0.717) is 12.2 Å². The Kier molecular flexibility index (Phi) is 3.67. The van der Waals surface area contributed by atoms with E-state index in [4.69, 9.17) is 5.26 Å². The van der Waals surface area contributed by atoms with Crippen LogP contribution in [0.4, 0.5) is 0 Å². The van der Waals surface area contributed by atoms with E-state index >= 15 is 0 Å². The summed E-state index contributed by atoms with van der Waals surface area (Å²) in [4.78, 5) is 3.91. The average Bonchev–Trinajstić information content (AvgIpc) is 2.56. The van der Waals surface area contributed by atoms with Gasteiger partial charge in [-0.15, -0.1) is 0 Å². The summed E-state index contributed by atoms with van der Waals surface area (Å²) in [5.74, 6) is 0.602. The number of nitriles is 1. The summed E-state index contributed by atoms with van der Waals surface area (Å²) >= 11 is 0. The van der Waals surface area contributed by atoms with Crippen LogP contribution < -0.4 is 4.72 Å². The molecule has 0 bridgehead atoms. The molecule has 16 heavy (non-hydrogen) atoms. The first-order valence-electron chi connectivity index (χ1n) is 4.82. The van der Waals surface area contributed by atoms with Gasteiger partial charge in [0.05, 0.1) is 6.07 Å². The number of hydrogen-bond donors (Lipinski definition) is 1. The molecule has 0 aromatic carbocycles. The first kappa shape index (κ1) is 12.7. The molecule has 0 fully saturated rings. The van der Waals surface area contributed by atoms with Crippen LogP contribution >= 0.6 is 0 Å². The summed E-state index contributed by atoms with van der Waals surface area (Å²) < 4.78 is 27.5. The fourth-order valence-electron chi connectivity index (χ4n) is 1.10. The number of hydrogen-bond acceptors (Lipinski definition) is 4. The van der Waals surface area contributed by atoms with Crippen molar-refractivity contribution >= 4 is 10.0 Å². The molecule has 0 aliphatic heterocycles. The van der Waals surface area contributed by atoms with Gasteiger partial charge in [-0.05, 0) is 13.3 Å². The third kappa shape index (κ3) is 2.59. The number of sulfonamides is 1. The monoisotopic (exact) mass is 242 g/mol. The smallest absolute Gasteiger partial charge is 0.260 e. The standard InChI is InChI=1S/C9H14N4O2S/c1-4-8(5-10)12-16(14,15)9-6-13(3)7(2)11-9/h6,8,12H,4H2,1-3H3. The summed E-state index contributed by atoms with van der Waals surface area (Å²) in [6, 6.07) is 1.16. The fraction of sp³-hybridized carbons (Fsp3) is 0.556. The van der Waals surface area contributed by atoms with Gasteiger partial charge in [-0.2, -0.15) is 9.98 Å². The normalized spacial score (nSPS) is 13.4. The molecule has 7 heteroatoms. The van der Waals surface area contributed by atoms with Crippen LogP contribution in [0.5, 0.6) is 0 Å². The van der Waals surface area contributed by atoms with Crippen molar-refractivity contribution < 1.29 is 8.42 Å². The van der Waals surface area contributed by atoms with Crippen LogP contribution in [0.3, 0.4) is 0 Å². The first-order valence-corrected chi connectivity index (χ1v) is 6.31. The fourth-order valence-corrected chi connectivity index (χ4v) is 2.37. The molecule has 1 heterocycles. The highest BCUT2D eigenvalue weighted by Gasteiger charge is 2.21. The number of nitrogens with zero attached hydrogens (tertiary/aromatic N) is 3. The third-order valence-electron chi connectivity index (χ3n) is 2.22. The Morgan fingerprint density at radius 1 is 1.69 bits per heavy atom. The second-order valence-corrected chi connectivity index (χ2v) is 5.11. The van der Waals surface area contributed by atoms with Crippen molar-refractivity contribution in [2.24, 2.45) is 7.05 Å². The Morgan fingerprint density at radius 3 is 2.69 bits per heavy atom. The van der Waals surface area contributed by atoms with E-state index < -0.39 is 16.1 Å². The summed E-state index contributed by atoms with van der Waals surface area (Å²) in [6.45, 7) is 3.45. The quantitative estimate of drug-likeness (QED) is 0.823. The molecule has 0 saturated carbocycles. The number of aromatic nitrogens is 2. The largest absolute Gasteiger partial charge is 0.337 e. The van der Waals surface area contributed by atoms with Crippen LogP contribution in [0.1, 0.15) is 19.2 Å². The predicted octanol–water partition coefficient (Wildman–Crippen LogP) is 0.309. The third-order valence-corrected chi connectivity index (χ3v) is 3.57. The average molecular weight is 242 g/mol. The number of rotatable bonds is 4. The van der Waals surface area contributed by atoms with Crippen molar-refractivity contribution in [3.63, 3.8) is 0 Å². The SMILES string of the molecule is CCC(C#N)NS(=O)(=O)c1cn(C)c(C)n1. The maximum Gasteiger partial charge on any atom is 0.260 e. The zero-order chi connectivity index (χ0) is 12.3. The molecule has 1 aromatic heterocycles. The van der Waals surface area contributed by atoms with Crippen molar-refractivity contribution in [1.29, 1.82) is 5.26 Å². The molecule has 0 aliphatic carbocycles. The van der Waals surface area contributed by atoms with Crippen LogP contribution in [0.25, 0.3) is 0 Å². The Balaban J connectivity index is 2.99. The molecule has 1 rings (SSSR count). The molecule has 0 radical (unpaired) electrons. The van der Waals surface area contributed by atoms with Crippen LogP contribution in [-0.4, -0.2) is 24.0 Å². The van der Waals surface area contributed by atoms with Crippen LogP contribution in [0, 0.1) is 18.3 Å². The van der Waals surface area contributed by atoms with E-state index in [0.717, 1.165) is 0 Å². The second-order valence-electron chi connectivity index (χ2n) is 3.45. The van der Waals surface area contributed by atoms with Gasteiger partial charge in [0.1, 0.15) is 11.9 Å². The van der Waals surface area contributed by atoms with Gasteiger partial charge in [-0.25, -0.2) is 13.4 Å². The highest BCUT2D eigenvalue weighted by molar-refractivity contribution is 7.89. The van der Waals surface area contributed by atoms with E-state index in [1.807, 2.05) is 6.07 Å². The van der Waals surface area contributed by atoms with E-state index in [1.165, 1.54) is 6.20 Å². The van der Waals surface area contributed by atoms with Crippen LogP contribution in [0.2, 0.25) is 0 Å². The second kappa shape index (κ2) is 4.63. The molecule has 88 valence electrons. The lowest BCUT2D eigenvalue weighted by Gasteiger charge is -2.07. The zero-order valence-electron chi connectivity index (χ0n) is 9.43. The Bertz CT molecular complexity index is 493. The minimum atomic E-state index is -3.69. The molecule has 0 saturated heterocycles. The minimum Gasteiger partial charge on any atom is -0.337 e. The Morgan fingerprint density at radius 2 is 2.31 bits per heavy atom. The summed E-state index contributed by atoms with van der Waals surface area (Å²) in [5, 5.41) is 8.64. The lowest BCUT2D eigenvalue weighted by atomic mass is 10.3. The molecule has 0 aliphatic rings. The summed E-state index contributed by atoms with van der Waals surface area (Å²) in [7, 11) is -1.98. The van der Waals surface area contributed by atoms with Gasteiger partial charge in [0.2, 0.25) is 0 Å². The highest BCUT2D eigenvalue weighted by Crippen LogP contribution is 2.08. The Labute approximate surface area is 95.0 Å². The maximum atomic E-state index is 11.8. The molecule has 1 aromatic rings. The van der Waals surface area contributed by atoms with Crippen molar-refractivity contribution in [3.05, 3.63) is 12.0 Å². The summed E-state index contributed by atoms with van der Waals surface area (Å²) in [5.41, 5.74) is 0. The van der Waals surface area contributed by atoms with Gasteiger partial charge in [0, 0.05) is 13.2 Å². The highest BCUT2D eigenvalue weighted by atomic mass is 32.2. The van der Waals surface area contributed by atoms with Crippen LogP contribution in [0.15, 0.2) is 11.2 Å². The number of aryl methyl sites for hydroxylation is 2. The molecule has 1 N–H and O–H groups in total. The van der Waals surface area contributed by atoms with Gasteiger partial charge in [-0.3, -0.25) is 0 Å². The van der Waals surface area contributed by atoms with E-state index in [-0.39, 0.29) is 5.03 Å². The van der Waals surface area contributed by atoms with Gasteiger partial charge in [0.15, 0.2) is 5.03 Å². The Hall–Kier alpha value is -1.39. The van der Waals surface area contributed by atoms with Gasteiger partial charge >= 0.3 is 0 Å². The van der Waals surface area contributed by atoms with Crippen LogP contribution in [-0.2, 0) is 17.1 Å². The predicted molar refractivity (Wildman–Crippen MR) is 58.0 cm³/mol. The van der Waals surface area contributed by atoms with Gasteiger partial charge < -0.3 is 4.57 Å². The number of imidazole rings is 1. The van der Waals surface area contributed by atoms with Crippen molar-refractivity contribution in [3.8, 4) is 6.07 Å². The lowest BCUT2D eigenvalue weighted by molar-refractivity contribution is 0.566. The van der Waals surface area contributed by atoms with Gasteiger partial charge in [0.25, 0.3) is 10.0 Å². The molecule has 0 amide bonds. The molecule has 1 unspecified atom stereocenters. The van der Waals surface area contributed by atoms with Gasteiger partial charge in [-0.1, -0.05) is 6.92 Å². The number of nitrogens with one attached hydrogen (secondary N) is 1. The van der Waals surface area contributed by atoms with Crippen molar-refractivity contribution in [2.45, 2.75) is 31.3 Å². The lowest BCUT2D eigenvalue weighted by Crippen LogP contribution is -2.33. The first-order chi connectivity index (χ1) is 7.40. The molecular weight excluding hydrogens is 228 g/mol. The zero-order valence-corrected chi connectivity index (χ0v) is 10.2. The maximum absolute atomic E-state index is 11.8. The molecule has 0 spiro atoms. The van der Waals surface area contributed by atoms with E-state index in [1.54, 1.807) is 25.5 Å². The summed E-state index contributed by atoms with van der Waals surface area (Å²) in [6.07, 6.45) is 1.84. The molecule has 1 atom stereocenters. The van der Waals surface area contributed by atoms with Crippen molar-refractivity contribution in [2.75, 3.05) is 0 Å². The molecular formula is C9H14N4O2S. The minimum absolute atomic E-state index is 0.0544. The van der Waals surface area contributed by atoms with E-state index in [9.17, 15) is 8.42 Å². The van der Waals surface area contributed by atoms with E-state index in [2.05, 4.69) is 9.71 Å². The molecule has 6 nitrogen and oxygen atoms in total. The van der Waals surface area contributed by atoms with Crippen molar-refractivity contribution in [1.82, 2.24) is 14.3 Å².